The predicted octanol–water partition coefficient (Wildman–Crippen LogP) is 4.63. The molecule has 0 aliphatic heterocycles. The van der Waals surface area contributed by atoms with Gasteiger partial charge >= 0.3 is 0 Å². The Morgan fingerprint density at radius 1 is 1.17 bits per heavy atom. The maximum Gasteiger partial charge on any atom is 0.275 e. The average molecular weight is 413 g/mol. The zero-order chi connectivity index (χ0) is 21.0. The standard InChI is InChI=1S/C22H25ClN4O2/c1-22(2,3)27-20(26(23)21(28)17-8-6-12-24-15-17)14-18(25-27)11-10-16-7-5-9-19(13-16)29-4/h5-9,12-15H,10-11H2,1-4H3. The van der Waals surface area contributed by atoms with Gasteiger partial charge in [0.25, 0.3) is 5.91 Å². The number of aromatic nitrogens is 3. The largest absolute Gasteiger partial charge is 0.497 e. The van der Waals surface area contributed by atoms with E-state index in [4.69, 9.17) is 21.6 Å². The number of nitrogens with zero attached hydrogens (tertiary/aromatic N) is 4. The van der Waals surface area contributed by atoms with E-state index in [0.29, 0.717) is 11.4 Å². The topological polar surface area (TPSA) is 60.2 Å². The van der Waals surface area contributed by atoms with E-state index < -0.39 is 0 Å². The van der Waals surface area contributed by atoms with Crippen molar-refractivity contribution in [3.63, 3.8) is 0 Å². The number of hydrogen-bond donors (Lipinski definition) is 0. The molecule has 29 heavy (non-hydrogen) atoms. The van der Waals surface area contributed by atoms with E-state index >= 15 is 0 Å². The van der Waals surface area contributed by atoms with Gasteiger partial charge in [-0.1, -0.05) is 12.1 Å². The minimum absolute atomic E-state index is 0.341. The van der Waals surface area contributed by atoms with Crippen molar-refractivity contribution in [2.24, 2.45) is 0 Å². The van der Waals surface area contributed by atoms with Gasteiger partial charge in [0.05, 0.1) is 23.9 Å². The summed E-state index contributed by atoms with van der Waals surface area (Å²) < 4.78 is 8.19. The zero-order valence-corrected chi connectivity index (χ0v) is 17.8. The number of rotatable bonds is 6. The van der Waals surface area contributed by atoms with Gasteiger partial charge in [0.15, 0.2) is 0 Å². The summed E-state index contributed by atoms with van der Waals surface area (Å²) in [4.78, 5) is 16.8. The Kier molecular flexibility index (Phi) is 6.23. The van der Waals surface area contributed by atoms with Crippen LogP contribution in [0.1, 0.15) is 42.4 Å². The number of amides is 1. The Bertz CT molecular complexity index is 980. The van der Waals surface area contributed by atoms with E-state index in [1.165, 1.54) is 6.20 Å². The molecule has 152 valence electrons. The summed E-state index contributed by atoms with van der Waals surface area (Å²) >= 11 is 6.45. The number of anilines is 1. The average Bonchev–Trinajstić information content (AvgIpc) is 3.17. The lowest BCUT2D eigenvalue weighted by Gasteiger charge is -2.24. The van der Waals surface area contributed by atoms with Crippen molar-refractivity contribution >= 4 is 23.5 Å². The summed E-state index contributed by atoms with van der Waals surface area (Å²) in [6, 6.07) is 13.2. The summed E-state index contributed by atoms with van der Waals surface area (Å²) in [6.07, 6.45) is 4.64. The number of hydrogen-bond acceptors (Lipinski definition) is 4. The molecular weight excluding hydrogens is 388 g/mol. The van der Waals surface area contributed by atoms with E-state index in [2.05, 4.69) is 11.1 Å². The number of halogens is 1. The summed E-state index contributed by atoms with van der Waals surface area (Å²) in [5.74, 6) is 1.02. The highest BCUT2D eigenvalue weighted by molar-refractivity contribution is 6.38. The highest BCUT2D eigenvalue weighted by Gasteiger charge is 2.26. The van der Waals surface area contributed by atoms with Crippen LogP contribution in [-0.2, 0) is 18.4 Å². The summed E-state index contributed by atoms with van der Waals surface area (Å²) in [6.45, 7) is 6.07. The molecule has 0 aliphatic rings. The van der Waals surface area contributed by atoms with Gasteiger partial charge in [0.2, 0.25) is 0 Å². The highest BCUT2D eigenvalue weighted by atomic mass is 35.5. The van der Waals surface area contributed by atoms with Crippen molar-refractivity contribution in [1.82, 2.24) is 14.8 Å². The van der Waals surface area contributed by atoms with Gasteiger partial charge in [-0.2, -0.15) is 5.10 Å². The van der Waals surface area contributed by atoms with E-state index in [9.17, 15) is 4.79 Å². The number of carbonyl (C=O) groups excluding carboxylic acids is 1. The van der Waals surface area contributed by atoms with E-state index in [1.54, 1.807) is 30.1 Å². The van der Waals surface area contributed by atoms with Gasteiger partial charge in [0, 0.05) is 30.2 Å². The third-order valence-corrected chi connectivity index (χ3v) is 4.80. The molecule has 1 aromatic carbocycles. The molecular formula is C22H25ClN4O2. The van der Waals surface area contributed by atoms with Gasteiger partial charge in [0.1, 0.15) is 11.6 Å². The first-order valence-electron chi connectivity index (χ1n) is 9.42. The van der Waals surface area contributed by atoms with Crippen molar-refractivity contribution in [3.8, 4) is 5.75 Å². The number of pyridine rings is 1. The third-order valence-electron chi connectivity index (χ3n) is 4.47. The minimum Gasteiger partial charge on any atom is -0.497 e. The lowest BCUT2D eigenvalue weighted by Crippen LogP contribution is -2.30. The van der Waals surface area contributed by atoms with Gasteiger partial charge in [-0.05, 0) is 63.4 Å². The lowest BCUT2D eigenvalue weighted by molar-refractivity contribution is 0.100. The van der Waals surface area contributed by atoms with Crippen molar-refractivity contribution < 1.29 is 9.53 Å². The zero-order valence-electron chi connectivity index (χ0n) is 17.1. The van der Waals surface area contributed by atoms with E-state index in [0.717, 1.165) is 34.3 Å². The maximum absolute atomic E-state index is 12.8. The molecule has 6 nitrogen and oxygen atoms in total. The predicted molar refractivity (Wildman–Crippen MR) is 115 cm³/mol. The molecule has 2 heterocycles. The van der Waals surface area contributed by atoms with Crippen molar-refractivity contribution in [2.75, 3.05) is 11.5 Å². The Morgan fingerprint density at radius 2 is 1.97 bits per heavy atom. The lowest BCUT2D eigenvalue weighted by atomic mass is 10.1. The minimum atomic E-state index is -0.343. The van der Waals surface area contributed by atoms with Gasteiger partial charge in [-0.25, -0.2) is 9.10 Å². The van der Waals surface area contributed by atoms with Crippen molar-refractivity contribution in [2.45, 2.75) is 39.2 Å². The molecule has 0 bridgehead atoms. The maximum atomic E-state index is 12.8. The molecule has 3 rings (SSSR count). The fourth-order valence-corrected chi connectivity index (χ4v) is 3.20. The van der Waals surface area contributed by atoms with Gasteiger partial charge in [-0.15, -0.1) is 0 Å². The second-order valence-corrected chi connectivity index (χ2v) is 8.09. The smallest absolute Gasteiger partial charge is 0.275 e. The summed E-state index contributed by atoms with van der Waals surface area (Å²) in [5.41, 5.74) is 2.10. The molecule has 0 N–H and O–H groups in total. The number of benzene rings is 1. The van der Waals surface area contributed by atoms with Crippen LogP contribution in [0, 0.1) is 0 Å². The molecule has 0 saturated heterocycles. The molecule has 7 heteroatoms. The van der Waals surface area contributed by atoms with Crippen LogP contribution < -0.4 is 9.16 Å². The van der Waals surface area contributed by atoms with Crippen LogP contribution in [0.25, 0.3) is 0 Å². The van der Waals surface area contributed by atoms with Crippen LogP contribution >= 0.6 is 11.8 Å². The first-order chi connectivity index (χ1) is 13.8. The molecule has 0 fully saturated rings. The molecule has 3 aromatic rings. The monoisotopic (exact) mass is 412 g/mol. The molecule has 0 radical (unpaired) electrons. The Hall–Kier alpha value is -2.86. The summed E-state index contributed by atoms with van der Waals surface area (Å²) in [7, 11) is 1.66. The fourth-order valence-electron chi connectivity index (χ4n) is 2.98. The first-order valence-corrected chi connectivity index (χ1v) is 9.76. The van der Waals surface area contributed by atoms with Crippen molar-refractivity contribution in [3.05, 3.63) is 71.7 Å². The molecule has 0 saturated carbocycles. The Balaban J connectivity index is 1.85. The van der Waals surface area contributed by atoms with Crippen LogP contribution in [0.5, 0.6) is 5.75 Å². The quantitative estimate of drug-likeness (QED) is 0.554. The first kappa shape index (κ1) is 20.9. The Morgan fingerprint density at radius 3 is 2.62 bits per heavy atom. The van der Waals surface area contributed by atoms with Gasteiger partial charge in [-0.3, -0.25) is 9.78 Å². The molecule has 0 aliphatic carbocycles. The van der Waals surface area contributed by atoms with Crippen LogP contribution in [0.4, 0.5) is 5.82 Å². The number of methoxy groups -OCH3 is 1. The van der Waals surface area contributed by atoms with Crippen LogP contribution in [0.3, 0.4) is 0 Å². The molecule has 0 atom stereocenters. The molecule has 0 unspecified atom stereocenters. The summed E-state index contributed by atoms with van der Waals surface area (Å²) in [5, 5.41) is 4.73. The second-order valence-electron chi connectivity index (χ2n) is 7.76. The fraction of sp³-hybridized carbons (Fsp3) is 0.318. The molecule has 0 spiro atoms. The number of carbonyl (C=O) groups is 1. The number of aryl methyl sites for hydroxylation is 2. The van der Waals surface area contributed by atoms with Gasteiger partial charge < -0.3 is 4.74 Å². The van der Waals surface area contributed by atoms with E-state index in [1.807, 2.05) is 45.0 Å². The molecule has 2 aromatic heterocycles. The number of ether oxygens (including phenoxy) is 1. The van der Waals surface area contributed by atoms with Crippen molar-refractivity contribution in [1.29, 1.82) is 0 Å². The van der Waals surface area contributed by atoms with Crippen LogP contribution in [-0.4, -0.2) is 27.8 Å². The Labute approximate surface area is 176 Å². The molecule has 1 amide bonds. The van der Waals surface area contributed by atoms with Crippen LogP contribution in [0.15, 0.2) is 54.9 Å². The van der Waals surface area contributed by atoms with E-state index in [-0.39, 0.29) is 11.4 Å². The normalized spacial score (nSPS) is 11.3. The third kappa shape index (κ3) is 4.95. The second kappa shape index (κ2) is 8.66. The SMILES string of the molecule is COc1cccc(CCc2cc(N(Cl)C(=O)c3cccnc3)n(C(C)(C)C)n2)c1. The highest BCUT2D eigenvalue weighted by Crippen LogP contribution is 2.28. The van der Waals surface area contributed by atoms with Crippen LogP contribution in [0.2, 0.25) is 0 Å².